The Morgan fingerprint density at radius 1 is 1.29 bits per heavy atom. The lowest BCUT2D eigenvalue weighted by Crippen LogP contribution is -2.37. The molecule has 0 amide bonds. The summed E-state index contributed by atoms with van der Waals surface area (Å²) in [5.74, 6) is 0.280. The normalized spacial score (nSPS) is 19.6. The van der Waals surface area contributed by atoms with Crippen LogP contribution < -0.4 is 0 Å². The third-order valence-electron chi connectivity index (χ3n) is 3.81. The fourth-order valence-corrected chi connectivity index (χ4v) is 2.74. The number of aromatic hydroxyl groups is 1. The highest BCUT2D eigenvalue weighted by molar-refractivity contribution is 5.60. The van der Waals surface area contributed by atoms with Gasteiger partial charge in [0.05, 0.1) is 18.0 Å². The SMILES string of the molecule is Oc1ccc(-c2cnccn2)cc1CN1CCC[C@H](O)C1. The van der Waals surface area contributed by atoms with Gasteiger partial charge in [-0.25, -0.2) is 0 Å². The lowest BCUT2D eigenvalue weighted by Gasteiger charge is -2.30. The molecule has 0 aliphatic carbocycles. The second-order valence-electron chi connectivity index (χ2n) is 5.47. The van der Waals surface area contributed by atoms with Gasteiger partial charge in [-0.2, -0.15) is 0 Å². The first-order valence-electron chi connectivity index (χ1n) is 7.21. The molecular weight excluding hydrogens is 266 g/mol. The van der Waals surface area contributed by atoms with Crippen molar-refractivity contribution in [1.29, 1.82) is 0 Å². The first-order chi connectivity index (χ1) is 10.2. The molecular formula is C16H19N3O2. The van der Waals surface area contributed by atoms with E-state index in [1.807, 2.05) is 12.1 Å². The Hall–Kier alpha value is -1.98. The second kappa shape index (κ2) is 6.20. The van der Waals surface area contributed by atoms with Crippen molar-refractivity contribution in [3.8, 4) is 17.0 Å². The van der Waals surface area contributed by atoms with Crippen LogP contribution in [0.25, 0.3) is 11.3 Å². The maximum absolute atomic E-state index is 10.1. The zero-order valence-electron chi connectivity index (χ0n) is 11.8. The number of hydrogen-bond acceptors (Lipinski definition) is 5. The van der Waals surface area contributed by atoms with E-state index in [1.165, 1.54) is 0 Å². The maximum Gasteiger partial charge on any atom is 0.120 e. The molecule has 0 unspecified atom stereocenters. The van der Waals surface area contributed by atoms with Crippen LogP contribution in [0.2, 0.25) is 0 Å². The standard InChI is InChI=1S/C16H19N3O2/c20-14-2-1-7-19(11-14)10-13-8-12(3-4-16(13)21)15-9-17-5-6-18-15/h3-6,8-9,14,20-21H,1-2,7,10-11H2/t14-/m0/s1. The molecule has 0 spiro atoms. The number of hydrogen-bond donors (Lipinski definition) is 2. The van der Waals surface area contributed by atoms with Crippen molar-refractivity contribution >= 4 is 0 Å². The first kappa shape index (κ1) is 14.0. The van der Waals surface area contributed by atoms with Crippen LogP contribution in [0.1, 0.15) is 18.4 Å². The van der Waals surface area contributed by atoms with Crippen molar-refractivity contribution in [2.24, 2.45) is 0 Å². The number of rotatable bonds is 3. The molecule has 1 fully saturated rings. The van der Waals surface area contributed by atoms with Gasteiger partial charge in [-0.3, -0.25) is 14.9 Å². The van der Waals surface area contributed by atoms with Gasteiger partial charge in [-0.15, -0.1) is 0 Å². The predicted molar refractivity (Wildman–Crippen MR) is 79.7 cm³/mol. The van der Waals surface area contributed by atoms with E-state index >= 15 is 0 Å². The van der Waals surface area contributed by atoms with E-state index in [0.717, 1.165) is 36.2 Å². The molecule has 1 aromatic carbocycles. The lowest BCUT2D eigenvalue weighted by atomic mass is 10.0. The zero-order valence-corrected chi connectivity index (χ0v) is 11.8. The van der Waals surface area contributed by atoms with Crippen LogP contribution in [0.4, 0.5) is 0 Å². The molecule has 5 nitrogen and oxygen atoms in total. The topological polar surface area (TPSA) is 69.5 Å². The number of benzene rings is 1. The monoisotopic (exact) mass is 285 g/mol. The van der Waals surface area contributed by atoms with Gasteiger partial charge in [-0.1, -0.05) is 0 Å². The van der Waals surface area contributed by atoms with Gasteiger partial charge in [0.15, 0.2) is 0 Å². The summed E-state index contributed by atoms with van der Waals surface area (Å²) in [6.45, 7) is 2.25. The number of phenolic OH excluding ortho intramolecular Hbond substituents is 1. The minimum Gasteiger partial charge on any atom is -0.508 e. The zero-order chi connectivity index (χ0) is 14.7. The summed E-state index contributed by atoms with van der Waals surface area (Å²) in [5.41, 5.74) is 2.58. The summed E-state index contributed by atoms with van der Waals surface area (Å²) < 4.78 is 0. The van der Waals surface area contributed by atoms with Crippen LogP contribution in [0.3, 0.4) is 0 Å². The Balaban J connectivity index is 1.81. The maximum atomic E-state index is 10.1. The van der Waals surface area contributed by atoms with E-state index in [9.17, 15) is 10.2 Å². The third-order valence-corrected chi connectivity index (χ3v) is 3.81. The fourth-order valence-electron chi connectivity index (χ4n) is 2.74. The van der Waals surface area contributed by atoms with E-state index in [0.29, 0.717) is 13.1 Å². The number of piperidine rings is 1. The van der Waals surface area contributed by atoms with Crippen molar-refractivity contribution in [3.05, 3.63) is 42.4 Å². The summed E-state index contributed by atoms with van der Waals surface area (Å²) >= 11 is 0. The smallest absolute Gasteiger partial charge is 0.120 e. The molecule has 2 heterocycles. The molecule has 21 heavy (non-hydrogen) atoms. The lowest BCUT2D eigenvalue weighted by molar-refractivity contribution is 0.0664. The molecule has 1 aliphatic rings. The Morgan fingerprint density at radius 2 is 2.19 bits per heavy atom. The molecule has 0 saturated carbocycles. The fraction of sp³-hybridized carbons (Fsp3) is 0.375. The van der Waals surface area contributed by atoms with E-state index in [-0.39, 0.29) is 11.9 Å². The molecule has 1 atom stereocenters. The number of likely N-dealkylation sites (tertiary alicyclic amines) is 1. The molecule has 1 saturated heterocycles. The molecule has 3 rings (SSSR count). The third kappa shape index (κ3) is 3.37. The van der Waals surface area contributed by atoms with Gasteiger partial charge in [0.25, 0.3) is 0 Å². The van der Waals surface area contributed by atoms with Crippen molar-refractivity contribution in [2.75, 3.05) is 13.1 Å². The summed E-state index contributed by atoms with van der Waals surface area (Å²) in [6.07, 6.45) is 6.60. The van der Waals surface area contributed by atoms with Crippen LogP contribution in [-0.2, 0) is 6.54 Å². The quantitative estimate of drug-likeness (QED) is 0.900. The van der Waals surface area contributed by atoms with Crippen molar-refractivity contribution < 1.29 is 10.2 Å². The summed E-state index contributed by atoms with van der Waals surface area (Å²) in [7, 11) is 0. The minimum absolute atomic E-state index is 0.260. The molecule has 0 bridgehead atoms. The van der Waals surface area contributed by atoms with Crippen molar-refractivity contribution in [3.63, 3.8) is 0 Å². The van der Waals surface area contributed by atoms with Crippen molar-refractivity contribution in [2.45, 2.75) is 25.5 Å². The number of aromatic nitrogens is 2. The van der Waals surface area contributed by atoms with Gasteiger partial charge in [-0.05, 0) is 37.6 Å². The van der Waals surface area contributed by atoms with Gasteiger partial charge in [0.1, 0.15) is 5.75 Å². The number of aliphatic hydroxyl groups excluding tert-OH is 1. The molecule has 5 heteroatoms. The highest BCUT2D eigenvalue weighted by Crippen LogP contribution is 2.26. The first-order valence-corrected chi connectivity index (χ1v) is 7.21. The van der Waals surface area contributed by atoms with E-state index in [2.05, 4.69) is 14.9 Å². The van der Waals surface area contributed by atoms with Gasteiger partial charge < -0.3 is 10.2 Å². The highest BCUT2D eigenvalue weighted by atomic mass is 16.3. The van der Waals surface area contributed by atoms with Crippen LogP contribution in [0.5, 0.6) is 5.75 Å². The largest absolute Gasteiger partial charge is 0.508 e. The number of β-amino-alcohol motifs (C(OH)–C–C–N with tert-alkyl or cyclic N) is 1. The van der Waals surface area contributed by atoms with Gasteiger partial charge in [0, 0.05) is 36.6 Å². The number of phenols is 1. The van der Waals surface area contributed by atoms with Crippen molar-refractivity contribution in [1.82, 2.24) is 14.9 Å². The highest BCUT2D eigenvalue weighted by Gasteiger charge is 2.19. The summed E-state index contributed by atoms with van der Waals surface area (Å²) in [6, 6.07) is 5.48. The Morgan fingerprint density at radius 3 is 2.95 bits per heavy atom. The van der Waals surface area contributed by atoms with Crippen LogP contribution in [0.15, 0.2) is 36.8 Å². The van der Waals surface area contributed by atoms with Gasteiger partial charge in [0.2, 0.25) is 0 Å². The van der Waals surface area contributed by atoms with Gasteiger partial charge >= 0.3 is 0 Å². The van der Waals surface area contributed by atoms with E-state index in [1.54, 1.807) is 24.7 Å². The molecule has 1 aromatic heterocycles. The average Bonchev–Trinajstić information content (AvgIpc) is 2.50. The Bertz CT molecular complexity index is 604. The Kier molecular flexibility index (Phi) is 4.13. The summed E-state index contributed by atoms with van der Waals surface area (Å²) in [5, 5.41) is 19.8. The Labute approximate surface area is 123 Å². The molecule has 2 aromatic rings. The second-order valence-corrected chi connectivity index (χ2v) is 5.47. The average molecular weight is 285 g/mol. The van der Waals surface area contributed by atoms with E-state index in [4.69, 9.17) is 0 Å². The minimum atomic E-state index is -0.260. The predicted octanol–water partition coefficient (Wildman–Crippen LogP) is 1.81. The molecule has 1 aliphatic heterocycles. The van der Waals surface area contributed by atoms with Crippen LogP contribution in [-0.4, -0.2) is 44.3 Å². The molecule has 2 N–H and O–H groups in total. The van der Waals surface area contributed by atoms with Crippen LogP contribution >= 0.6 is 0 Å². The summed E-state index contributed by atoms with van der Waals surface area (Å²) in [4.78, 5) is 10.5. The molecule has 0 radical (unpaired) electrons. The number of aliphatic hydroxyl groups is 1. The van der Waals surface area contributed by atoms with Crippen LogP contribution in [0, 0.1) is 0 Å². The number of nitrogens with zero attached hydrogens (tertiary/aromatic N) is 3. The van der Waals surface area contributed by atoms with E-state index < -0.39 is 0 Å². The molecule has 110 valence electrons.